The normalized spacial score (nSPS) is 11.4. The molecular formula is C16H17FN4O3. The lowest BCUT2D eigenvalue weighted by atomic mass is 10.3. The highest BCUT2D eigenvalue weighted by molar-refractivity contribution is 5.72. The minimum Gasteiger partial charge on any atom is -0.425 e. The van der Waals surface area contributed by atoms with E-state index in [2.05, 4.69) is 4.98 Å². The molecule has 1 aromatic carbocycles. The summed E-state index contributed by atoms with van der Waals surface area (Å²) >= 11 is 0. The third-order valence-corrected chi connectivity index (χ3v) is 3.79. The Hall–Kier alpha value is -2.90. The first-order valence-corrected chi connectivity index (χ1v) is 7.42. The monoisotopic (exact) mass is 332 g/mol. The number of hydrogen-bond acceptors (Lipinski definition) is 4. The molecule has 0 saturated carbocycles. The number of fused-ring (bicyclic) bond motifs is 1. The van der Waals surface area contributed by atoms with Crippen LogP contribution in [-0.2, 0) is 14.1 Å². The van der Waals surface area contributed by atoms with Gasteiger partial charge < -0.3 is 4.74 Å². The molecular weight excluding hydrogens is 315 g/mol. The Morgan fingerprint density at radius 2 is 1.71 bits per heavy atom. The second kappa shape index (κ2) is 5.63. The van der Waals surface area contributed by atoms with Crippen LogP contribution in [0.5, 0.6) is 11.8 Å². The SMILES string of the molecule is CC(C)n1c(Oc2ccc(F)cc2)nc2c(=O)n(C)c(=O)n(C)c21. The van der Waals surface area contributed by atoms with Gasteiger partial charge in [-0.1, -0.05) is 0 Å². The Morgan fingerprint density at radius 1 is 1.08 bits per heavy atom. The lowest BCUT2D eigenvalue weighted by Gasteiger charge is -2.14. The molecule has 3 aromatic rings. The van der Waals surface area contributed by atoms with Crippen molar-refractivity contribution in [2.24, 2.45) is 14.1 Å². The van der Waals surface area contributed by atoms with Crippen LogP contribution in [0.25, 0.3) is 11.2 Å². The predicted molar refractivity (Wildman–Crippen MR) is 87.1 cm³/mol. The van der Waals surface area contributed by atoms with Gasteiger partial charge in [-0.15, -0.1) is 0 Å². The van der Waals surface area contributed by atoms with Crippen LogP contribution in [0.4, 0.5) is 4.39 Å². The van der Waals surface area contributed by atoms with Crippen molar-refractivity contribution in [3.05, 3.63) is 50.9 Å². The van der Waals surface area contributed by atoms with Crippen molar-refractivity contribution >= 4 is 11.2 Å². The number of halogens is 1. The molecule has 126 valence electrons. The second-order valence-corrected chi connectivity index (χ2v) is 5.79. The molecule has 3 rings (SSSR count). The van der Waals surface area contributed by atoms with E-state index in [1.54, 1.807) is 11.6 Å². The van der Waals surface area contributed by atoms with E-state index in [9.17, 15) is 14.0 Å². The van der Waals surface area contributed by atoms with Gasteiger partial charge in [0, 0.05) is 20.1 Å². The fraction of sp³-hybridized carbons (Fsp3) is 0.312. The number of benzene rings is 1. The van der Waals surface area contributed by atoms with Gasteiger partial charge in [-0.05, 0) is 38.1 Å². The van der Waals surface area contributed by atoms with Crippen LogP contribution in [0, 0.1) is 5.82 Å². The van der Waals surface area contributed by atoms with Crippen molar-refractivity contribution < 1.29 is 9.13 Å². The summed E-state index contributed by atoms with van der Waals surface area (Å²) < 4.78 is 22.8. The van der Waals surface area contributed by atoms with Gasteiger partial charge in [-0.2, -0.15) is 4.98 Å². The molecule has 0 fully saturated rings. The zero-order valence-electron chi connectivity index (χ0n) is 13.8. The van der Waals surface area contributed by atoms with Crippen LogP contribution in [0.2, 0.25) is 0 Å². The summed E-state index contributed by atoms with van der Waals surface area (Å²) in [5.74, 6) is 0.00593. The van der Waals surface area contributed by atoms with Crippen LogP contribution in [0.15, 0.2) is 33.9 Å². The zero-order valence-corrected chi connectivity index (χ0v) is 13.8. The molecule has 0 spiro atoms. The Bertz CT molecular complexity index is 1030. The zero-order chi connectivity index (χ0) is 17.6. The maximum absolute atomic E-state index is 13.0. The minimum atomic E-state index is -0.489. The van der Waals surface area contributed by atoms with Gasteiger partial charge in [-0.3, -0.25) is 18.5 Å². The number of nitrogens with zero attached hydrogens (tertiary/aromatic N) is 4. The third kappa shape index (κ3) is 2.40. The molecule has 7 nitrogen and oxygen atoms in total. The molecule has 0 N–H and O–H groups in total. The molecule has 8 heteroatoms. The smallest absolute Gasteiger partial charge is 0.332 e. The van der Waals surface area contributed by atoms with Crippen molar-refractivity contribution in [3.63, 3.8) is 0 Å². The summed E-state index contributed by atoms with van der Waals surface area (Å²) in [5, 5.41) is 0. The van der Waals surface area contributed by atoms with Crippen LogP contribution in [0.1, 0.15) is 19.9 Å². The van der Waals surface area contributed by atoms with Crippen molar-refractivity contribution in [1.29, 1.82) is 0 Å². The molecule has 0 atom stereocenters. The highest BCUT2D eigenvalue weighted by Crippen LogP contribution is 2.27. The highest BCUT2D eigenvalue weighted by atomic mass is 19.1. The molecule has 24 heavy (non-hydrogen) atoms. The summed E-state index contributed by atoms with van der Waals surface area (Å²) in [6.45, 7) is 3.78. The fourth-order valence-electron chi connectivity index (χ4n) is 2.57. The maximum Gasteiger partial charge on any atom is 0.332 e. The standard InChI is InChI=1S/C16H17FN4O3/c1-9(2)21-13-12(14(22)20(4)16(23)19(13)3)18-15(21)24-11-7-5-10(17)6-8-11/h5-9H,1-4H3. The molecule has 2 heterocycles. The summed E-state index contributed by atoms with van der Waals surface area (Å²) in [4.78, 5) is 28.8. The first-order chi connectivity index (χ1) is 11.3. The second-order valence-electron chi connectivity index (χ2n) is 5.79. The molecule has 0 saturated heterocycles. The van der Waals surface area contributed by atoms with Gasteiger partial charge in [0.25, 0.3) is 5.56 Å². The molecule has 0 aliphatic carbocycles. The van der Waals surface area contributed by atoms with E-state index in [4.69, 9.17) is 4.74 Å². The molecule has 0 bridgehead atoms. The summed E-state index contributed by atoms with van der Waals surface area (Å²) in [6, 6.07) is 5.54. The first-order valence-electron chi connectivity index (χ1n) is 7.42. The topological polar surface area (TPSA) is 71.1 Å². The number of hydrogen-bond donors (Lipinski definition) is 0. The number of rotatable bonds is 3. The van der Waals surface area contributed by atoms with Crippen molar-refractivity contribution in [3.8, 4) is 11.8 Å². The van der Waals surface area contributed by atoms with E-state index >= 15 is 0 Å². The molecule has 0 aliphatic rings. The van der Waals surface area contributed by atoms with Crippen LogP contribution >= 0.6 is 0 Å². The van der Waals surface area contributed by atoms with E-state index in [0.717, 1.165) is 4.57 Å². The Kier molecular flexibility index (Phi) is 3.75. The molecule has 0 radical (unpaired) electrons. The van der Waals surface area contributed by atoms with Gasteiger partial charge in [-0.25, -0.2) is 9.18 Å². The van der Waals surface area contributed by atoms with Gasteiger partial charge >= 0.3 is 11.7 Å². The number of ether oxygens (including phenoxy) is 1. The molecule has 0 aliphatic heterocycles. The lowest BCUT2D eigenvalue weighted by Crippen LogP contribution is -2.37. The minimum absolute atomic E-state index is 0.108. The van der Waals surface area contributed by atoms with E-state index in [1.807, 2.05) is 13.8 Å². The van der Waals surface area contributed by atoms with Gasteiger partial charge in [0.2, 0.25) is 0 Å². The van der Waals surface area contributed by atoms with Crippen molar-refractivity contribution in [2.45, 2.75) is 19.9 Å². The number of aromatic nitrogens is 4. The average Bonchev–Trinajstić information content (AvgIpc) is 2.92. The van der Waals surface area contributed by atoms with Crippen molar-refractivity contribution in [2.75, 3.05) is 0 Å². The number of imidazole rings is 1. The van der Waals surface area contributed by atoms with Gasteiger partial charge in [0.05, 0.1) is 0 Å². The third-order valence-electron chi connectivity index (χ3n) is 3.79. The largest absolute Gasteiger partial charge is 0.425 e. The Balaban J connectivity index is 2.28. The van der Waals surface area contributed by atoms with E-state index in [-0.39, 0.29) is 23.4 Å². The summed E-state index contributed by atoms with van der Waals surface area (Å²) in [7, 11) is 2.98. The maximum atomic E-state index is 13.0. The number of aryl methyl sites for hydroxylation is 1. The molecule has 0 amide bonds. The Labute approximate surface area is 136 Å². The quantitative estimate of drug-likeness (QED) is 0.735. The molecule has 2 aromatic heterocycles. The lowest BCUT2D eigenvalue weighted by molar-refractivity contribution is 0.397. The van der Waals surface area contributed by atoms with E-state index in [0.29, 0.717) is 11.4 Å². The van der Waals surface area contributed by atoms with Gasteiger partial charge in [0.15, 0.2) is 11.2 Å². The first kappa shape index (κ1) is 16.0. The average molecular weight is 332 g/mol. The highest BCUT2D eigenvalue weighted by Gasteiger charge is 2.21. The van der Waals surface area contributed by atoms with Crippen molar-refractivity contribution in [1.82, 2.24) is 18.7 Å². The van der Waals surface area contributed by atoms with Crippen LogP contribution < -0.4 is 16.0 Å². The van der Waals surface area contributed by atoms with Gasteiger partial charge in [0.1, 0.15) is 11.6 Å². The van der Waals surface area contributed by atoms with Crippen LogP contribution in [-0.4, -0.2) is 18.7 Å². The summed E-state index contributed by atoms with van der Waals surface area (Å²) in [6.07, 6.45) is 0. The Morgan fingerprint density at radius 3 is 2.29 bits per heavy atom. The van der Waals surface area contributed by atoms with E-state index in [1.165, 1.54) is 35.9 Å². The van der Waals surface area contributed by atoms with Crippen LogP contribution in [0.3, 0.4) is 0 Å². The predicted octanol–water partition coefficient (Wildman–Crippen LogP) is 1.95. The summed E-state index contributed by atoms with van der Waals surface area (Å²) in [5.41, 5.74) is -0.403. The van der Waals surface area contributed by atoms with E-state index < -0.39 is 11.2 Å². The fourth-order valence-corrected chi connectivity index (χ4v) is 2.57. The molecule has 0 unspecified atom stereocenters.